The SMILES string of the molecule is Cc1ccc(OC(F)F)c(NC(=S)Nc2nn(Cc3ccccc3)cc2Cl)c1. The van der Waals surface area contributed by atoms with Crippen LogP contribution >= 0.6 is 23.8 Å². The van der Waals surface area contributed by atoms with Crippen LogP contribution in [-0.2, 0) is 6.54 Å². The van der Waals surface area contributed by atoms with Gasteiger partial charge in [-0.1, -0.05) is 48.0 Å². The van der Waals surface area contributed by atoms with Crippen molar-refractivity contribution in [2.75, 3.05) is 10.6 Å². The molecule has 0 bridgehead atoms. The van der Waals surface area contributed by atoms with Gasteiger partial charge in [-0.3, -0.25) is 4.68 Å². The van der Waals surface area contributed by atoms with Gasteiger partial charge in [-0.2, -0.15) is 13.9 Å². The highest BCUT2D eigenvalue weighted by atomic mass is 35.5. The number of thiocarbonyl (C=S) groups is 1. The summed E-state index contributed by atoms with van der Waals surface area (Å²) in [6.45, 7) is -0.560. The minimum atomic E-state index is -2.94. The van der Waals surface area contributed by atoms with Crippen molar-refractivity contribution in [3.63, 3.8) is 0 Å². The number of hydrogen-bond acceptors (Lipinski definition) is 3. The number of aromatic nitrogens is 2. The molecule has 9 heteroatoms. The zero-order valence-corrected chi connectivity index (χ0v) is 16.4. The number of benzene rings is 2. The molecule has 1 aromatic heterocycles. The number of rotatable bonds is 6. The van der Waals surface area contributed by atoms with Crippen LogP contribution in [0.3, 0.4) is 0 Å². The van der Waals surface area contributed by atoms with Gasteiger partial charge in [0.1, 0.15) is 10.8 Å². The Morgan fingerprint density at radius 3 is 2.68 bits per heavy atom. The van der Waals surface area contributed by atoms with Crippen LogP contribution in [0.2, 0.25) is 5.02 Å². The molecular weight excluding hydrogens is 406 g/mol. The summed E-state index contributed by atoms with van der Waals surface area (Å²) in [7, 11) is 0. The Morgan fingerprint density at radius 1 is 1.21 bits per heavy atom. The van der Waals surface area contributed by atoms with Gasteiger partial charge >= 0.3 is 6.61 Å². The molecule has 0 fully saturated rings. The zero-order chi connectivity index (χ0) is 20.1. The number of nitrogens with zero attached hydrogens (tertiary/aromatic N) is 2. The van der Waals surface area contributed by atoms with E-state index in [0.29, 0.717) is 23.1 Å². The van der Waals surface area contributed by atoms with Gasteiger partial charge in [0.2, 0.25) is 0 Å². The van der Waals surface area contributed by atoms with E-state index in [1.165, 1.54) is 6.07 Å². The highest BCUT2D eigenvalue weighted by molar-refractivity contribution is 7.80. The van der Waals surface area contributed by atoms with Gasteiger partial charge in [-0.05, 0) is 42.4 Å². The van der Waals surface area contributed by atoms with E-state index < -0.39 is 6.61 Å². The van der Waals surface area contributed by atoms with Gasteiger partial charge in [0.15, 0.2) is 10.9 Å². The molecule has 2 N–H and O–H groups in total. The van der Waals surface area contributed by atoms with Gasteiger partial charge in [-0.15, -0.1) is 0 Å². The van der Waals surface area contributed by atoms with Gasteiger partial charge in [0.25, 0.3) is 0 Å². The fourth-order valence-electron chi connectivity index (χ4n) is 2.53. The van der Waals surface area contributed by atoms with Gasteiger partial charge < -0.3 is 15.4 Å². The van der Waals surface area contributed by atoms with E-state index in [-0.39, 0.29) is 10.9 Å². The van der Waals surface area contributed by atoms with Crippen molar-refractivity contribution in [2.24, 2.45) is 0 Å². The van der Waals surface area contributed by atoms with Gasteiger partial charge in [0, 0.05) is 6.20 Å². The van der Waals surface area contributed by atoms with Crippen molar-refractivity contribution in [3.8, 4) is 5.75 Å². The molecular formula is C19H17ClF2N4OS. The molecule has 0 atom stereocenters. The van der Waals surface area contributed by atoms with Crippen molar-refractivity contribution >= 4 is 40.4 Å². The Kier molecular flexibility index (Phi) is 6.43. The van der Waals surface area contributed by atoms with E-state index in [0.717, 1.165) is 11.1 Å². The number of alkyl halides is 2. The highest BCUT2D eigenvalue weighted by Gasteiger charge is 2.13. The number of hydrogen-bond donors (Lipinski definition) is 2. The van der Waals surface area contributed by atoms with Crippen LogP contribution in [0, 0.1) is 6.92 Å². The fourth-order valence-corrected chi connectivity index (χ4v) is 2.94. The normalized spacial score (nSPS) is 10.8. The molecule has 28 heavy (non-hydrogen) atoms. The summed E-state index contributed by atoms with van der Waals surface area (Å²) in [6.07, 6.45) is 1.68. The van der Waals surface area contributed by atoms with Gasteiger partial charge in [0.05, 0.1) is 12.2 Å². The van der Waals surface area contributed by atoms with Crippen LogP contribution in [0.5, 0.6) is 5.75 Å². The number of ether oxygens (including phenoxy) is 1. The first-order valence-electron chi connectivity index (χ1n) is 8.31. The van der Waals surface area contributed by atoms with E-state index >= 15 is 0 Å². The van der Waals surface area contributed by atoms with Crippen LogP contribution in [-0.4, -0.2) is 21.5 Å². The molecule has 0 saturated carbocycles. The summed E-state index contributed by atoms with van der Waals surface area (Å²) < 4.78 is 31.4. The number of halogens is 3. The summed E-state index contributed by atoms with van der Waals surface area (Å²) in [5.41, 5.74) is 2.25. The second-order valence-electron chi connectivity index (χ2n) is 5.97. The number of nitrogens with one attached hydrogen (secondary N) is 2. The Hall–Kier alpha value is -2.71. The summed E-state index contributed by atoms with van der Waals surface area (Å²) >= 11 is 11.5. The quantitative estimate of drug-likeness (QED) is 0.528. The fraction of sp³-hybridized carbons (Fsp3) is 0.158. The average Bonchev–Trinajstić information content (AvgIpc) is 2.96. The summed E-state index contributed by atoms with van der Waals surface area (Å²) in [5, 5.41) is 10.6. The monoisotopic (exact) mass is 422 g/mol. The smallest absolute Gasteiger partial charge is 0.387 e. The summed E-state index contributed by atoms with van der Waals surface area (Å²) in [6, 6.07) is 14.6. The largest absolute Gasteiger partial charge is 0.433 e. The van der Waals surface area contributed by atoms with E-state index in [2.05, 4.69) is 20.5 Å². The average molecular weight is 423 g/mol. The predicted molar refractivity (Wildman–Crippen MR) is 110 cm³/mol. The minimum absolute atomic E-state index is 0.00884. The van der Waals surface area contributed by atoms with E-state index in [4.69, 9.17) is 23.8 Å². The Morgan fingerprint density at radius 2 is 1.96 bits per heavy atom. The van der Waals surface area contributed by atoms with Gasteiger partial charge in [-0.25, -0.2) is 0 Å². The molecule has 0 saturated heterocycles. The third-order valence-electron chi connectivity index (χ3n) is 3.74. The molecule has 0 spiro atoms. The molecule has 0 aliphatic heterocycles. The molecule has 146 valence electrons. The van der Waals surface area contributed by atoms with Crippen molar-refractivity contribution in [1.29, 1.82) is 0 Å². The second kappa shape index (κ2) is 8.99. The third kappa shape index (κ3) is 5.40. The maximum absolute atomic E-state index is 12.6. The molecule has 0 radical (unpaired) electrons. The summed E-state index contributed by atoms with van der Waals surface area (Å²) in [4.78, 5) is 0. The summed E-state index contributed by atoms with van der Waals surface area (Å²) in [5.74, 6) is 0.351. The van der Waals surface area contributed by atoms with E-state index in [1.54, 1.807) is 23.0 Å². The van der Waals surface area contributed by atoms with Crippen molar-refractivity contribution in [3.05, 3.63) is 70.9 Å². The molecule has 0 aliphatic rings. The lowest BCUT2D eigenvalue weighted by atomic mass is 10.2. The second-order valence-corrected chi connectivity index (χ2v) is 6.78. The Balaban J connectivity index is 1.69. The molecule has 5 nitrogen and oxygen atoms in total. The van der Waals surface area contributed by atoms with E-state index in [9.17, 15) is 8.78 Å². The van der Waals surface area contributed by atoms with Crippen LogP contribution in [0.1, 0.15) is 11.1 Å². The lowest BCUT2D eigenvalue weighted by Crippen LogP contribution is -2.20. The highest BCUT2D eigenvalue weighted by Crippen LogP contribution is 2.28. The molecule has 3 rings (SSSR count). The molecule has 1 heterocycles. The third-order valence-corrected chi connectivity index (χ3v) is 4.22. The van der Waals surface area contributed by atoms with Crippen molar-refractivity contribution in [2.45, 2.75) is 20.1 Å². The number of anilines is 2. The maximum atomic E-state index is 12.6. The molecule has 0 amide bonds. The first kappa shape index (κ1) is 20.0. The first-order valence-corrected chi connectivity index (χ1v) is 9.09. The standard InChI is InChI=1S/C19H17ClF2N4OS/c1-12-7-8-16(27-18(21)22)15(9-12)23-19(28)24-17-14(20)11-26(25-17)10-13-5-3-2-4-6-13/h2-9,11,18H,10H2,1H3,(H2,23,24,25,28). The minimum Gasteiger partial charge on any atom is -0.433 e. The topological polar surface area (TPSA) is 51.1 Å². The van der Waals surface area contributed by atoms with Crippen LogP contribution in [0.25, 0.3) is 0 Å². The lowest BCUT2D eigenvalue weighted by molar-refractivity contribution is -0.0493. The van der Waals surface area contributed by atoms with E-state index in [1.807, 2.05) is 37.3 Å². The molecule has 0 aliphatic carbocycles. The number of aryl methyl sites for hydroxylation is 1. The van der Waals surface area contributed by atoms with Crippen LogP contribution < -0.4 is 15.4 Å². The predicted octanol–water partition coefficient (Wildman–Crippen LogP) is 5.30. The maximum Gasteiger partial charge on any atom is 0.387 e. The Labute approximate surface area is 171 Å². The lowest BCUT2D eigenvalue weighted by Gasteiger charge is -2.14. The van der Waals surface area contributed by atoms with Crippen molar-refractivity contribution < 1.29 is 13.5 Å². The van der Waals surface area contributed by atoms with Crippen LogP contribution in [0.15, 0.2) is 54.7 Å². The van der Waals surface area contributed by atoms with Crippen LogP contribution in [0.4, 0.5) is 20.3 Å². The molecule has 3 aromatic rings. The zero-order valence-electron chi connectivity index (χ0n) is 14.8. The molecule has 0 unspecified atom stereocenters. The van der Waals surface area contributed by atoms with Crippen molar-refractivity contribution in [1.82, 2.24) is 9.78 Å². The first-order chi connectivity index (χ1) is 13.4. The molecule has 2 aromatic carbocycles. The Bertz CT molecular complexity index is 966.